The highest BCUT2D eigenvalue weighted by Gasteiger charge is 2.32. The van der Waals surface area contributed by atoms with E-state index in [1.807, 2.05) is 30.3 Å². The standard InChI is InChI=1S/C22H19F3N2O3S2/c1-32(29,30)27(17-9-7-8-16(14-17)22(23,24)25)15-21(28)26-19-12-5-6-13-20(19)31-18-10-3-2-4-11-18/h2-14H,15H2,1H3,(H,26,28). The molecule has 32 heavy (non-hydrogen) atoms. The van der Waals surface area contributed by atoms with E-state index < -0.39 is 34.2 Å². The first-order valence-electron chi connectivity index (χ1n) is 9.31. The first kappa shape index (κ1) is 23.7. The van der Waals surface area contributed by atoms with Gasteiger partial charge < -0.3 is 5.32 Å². The molecule has 0 aromatic heterocycles. The first-order chi connectivity index (χ1) is 15.0. The third-order valence-corrected chi connectivity index (χ3v) is 6.51. The minimum atomic E-state index is -4.64. The lowest BCUT2D eigenvalue weighted by Gasteiger charge is -2.23. The number of amides is 1. The fraction of sp³-hybridized carbons (Fsp3) is 0.136. The van der Waals surface area contributed by atoms with Crippen LogP contribution in [0, 0.1) is 0 Å². The average molecular weight is 481 g/mol. The molecule has 1 amide bonds. The van der Waals surface area contributed by atoms with Gasteiger partial charge in [-0.25, -0.2) is 8.42 Å². The molecule has 0 radical (unpaired) electrons. The number of nitrogens with one attached hydrogen (secondary N) is 1. The van der Waals surface area contributed by atoms with E-state index in [4.69, 9.17) is 0 Å². The number of hydrogen-bond donors (Lipinski definition) is 1. The number of hydrogen-bond acceptors (Lipinski definition) is 4. The van der Waals surface area contributed by atoms with Crippen LogP contribution in [-0.4, -0.2) is 27.1 Å². The summed E-state index contributed by atoms with van der Waals surface area (Å²) < 4.78 is 64.3. The normalized spacial score (nSPS) is 11.8. The van der Waals surface area contributed by atoms with Gasteiger partial charge in [-0.15, -0.1) is 0 Å². The summed E-state index contributed by atoms with van der Waals surface area (Å²) in [4.78, 5) is 14.4. The number of carbonyl (C=O) groups is 1. The van der Waals surface area contributed by atoms with Crippen LogP contribution in [0.2, 0.25) is 0 Å². The summed E-state index contributed by atoms with van der Waals surface area (Å²) in [7, 11) is -4.03. The van der Waals surface area contributed by atoms with Crippen molar-refractivity contribution in [2.24, 2.45) is 0 Å². The highest BCUT2D eigenvalue weighted by molar-refractivity contribution is 7.99. The predicted octanol–water partition coefficient (Wildman–Crippen LogP) is 5.26. The van der Waals surface area contributed by atoms with Crippen LogP contribution in [0.5, 0.6) is 0 Å². The number of sulfonamides is 1. The number of para-hydroxylation sites is 1. The van der Waals surface area contributed by atoms with E-state index in [2.05, 4.69) is 5.32 Å². The first-order valence-corrected chi connectivity index (χ1v) is 12.0. The Morgan fingerprint density at radius 2 is 1.62 bits per heavy atom. The highest BCUT2D eigenvalue weighted by Crippen LogP contribution is 2.34. The van der Waals surface area contributed by atoms with Gasteiger partial charge in [0.15, 0.2) is 0 Å². The van der Waals surface area contributed by atoms with Crippen LogP contribution in [0.15, 0.2) is 88.7 Å². The van der Waals surface area contributed by atoms with Crippen molar-refractivity contribution in [1.29, 1.82) is 0 Å². The average Bonchev–Trinajstić information content (AvgIpc) is 2.73. The molecule has 168 valence electrons. The van der Waals surface area contributed by atoms with Gasteiger partial charge in [0.05, 0.1) is 23.2 Å². The van der Waals surface area contributed by atoms with E-state index >= 15 is 0 Å². The molecule has 0 aliphatic carbocycles. The van der Waals surface area contributed by atoms with Crippen LogP contribution in [0.1, 0.15) is 5.56 Å². The number of halogens is 3. The number of anilines is 2. The lowest BCUT2D eigenvalue weighted by Crippen LogP contribution is -2.37. The molecular formula is C22H19F3N2O3S2. The maximum atomic E-state index is 13.1. The van der Waals surface area contributed by atoms with Gasteiger partial charge in [-0.3, -0.25) is 9.10 Å². The molecule has 0 unspecified atom stereocenters. The summed E-state index contributed by atoms with van der Waals surface area (Å²) in [6.07, 6.45) is -3.81. The van der Waals surface area contributed by atoms with E-state index in [9.17, 15) is 26.4 Å². The van der Waals surface area contributed by atoms with Crippen LogP contribution in [0.4, 0.5) is 24.5 Å². The summed E-state index contributed by atoms with van der Waals surface area (Å²) in [5, 5.41) is 2.66. The van der Waals surface area contributed by atoms with E-state index in [0.29, 0.717) is 16.1 Å². The third-order valence-electron chi connectivity index (χ3n) is 4.28. The Balaban J connectivity index is 1.82. The zero-order valence-electron chi connectivity index (χ0n) is 16.8. The Morgan fingerprint density at radius 1 is 0.969 bits per heavy atom. The van der Waals surface area contributed by atoms with Gasteiger partial charge >= 0.3 is 6.18 Å². The molecule has 0 heterocycles. The van der Waals surface area contributed by atoms with Gasteiger partial charge in [-0.1, -0.05) is 48.2 Å². The molecule has 0 atom stereocenters. The summed E-state index contributed by atoms with van der Waals surface area (Å²) in [5.74, 6) is -0.686. The quantitative estimate of drug-likeness (QED) is 0.501. The SMILES string of the molecule is CS(=O)(=O)N(CC(=O)Nc1ccccc1Sc1ccccc1)c1cccc(C(F)(F)F)c1. The smallest absolute Gasteiger partial charge is 0.323 e. The fourth-order valence-electron chi connectivity index (χ4n) is 2.83. The van der Waals surface area contributed by atoms with Crippen molar-refractivity contribution in [2.75, 3.05) is 22.4 Å². The highest BCUT2D eigenvalue weighted by atomic mass is 32.2. The molecule has 1 N–H and O–H groups in total. The maximum Gasteiger partial charge on any atom is 0.416 e. The lowest BCUT2D eigenvalue weighted by atomic mass is 10.2. The summed E-state index contributed by atoms with van der Waals surface area (Å²) in [6, 6.07) is 20.3. The summed E-state index contributed by atoms with van der Waals surface area (Å²) >= 11 is 1.41. The third kappa shape index (κ3) is 6.27. The largest absolute Gasteiger partial charge is 0.416 e. The Bertz CT molecular complexity index is 1200. The van der Waals surface area contributed by atoms with Gasteiger partial charge in [-0.2, -0.15) is 13.2 Å². The van der Waals surface area contributed by atoms with Crippen molar-refractivity contribution < 1.29 is 26.4 Å². The van der Waals surface area contributed by atoms with Crippen molar-refractivity contribution in [1.82, 2.24) is 0 Å². The molecule has 0 fully saturated rings. The topological polar surface area (TPSA) is 66.5 Å². The Hall–Kier alpha value is -2.98. The van der Waals surface area contributed by atoms with Crippen molar-refractivity contribution in [2.45, 2.75) is 16.0 Å². The molecule has 0 saturated heterocycles. The fourth-order valence-corrected chi connectivity index (χ4v) is 4.60. The molecule has 3 rings (SSSR count). The molecule has 10 heteroatoms. The van der Waals surface area contributed by atoms with E-state index in [1.165, 1.54) is 17.8 Å². The molecule has 0 bridgehead atoms. The number of carbonyl (C=O) groups excluding carboxylic acids is 1. The van der Waals surface area contributed by atoms with Crippen LogP contribution in [0.25, 0.3) is 0 Å². The Labute approximate surface area is 188 Å². The van der Waals surface area contributed by atoms with Crippen molar-refractivity contribution in [3.63, 3.8) is 0 Å². The summed E-state index contributed by atoms with van der Waals surface area (Å²) in [5.41, 5.74) is -0.790. The monoisotopic (exact) mass is 480 g/mol. The minimum Gasteiger partial charge on any atom is -0.323 e. The zero-order chi connectivity index (χ0) is 23.4. The second-order valence-corrected chi connectivity index (χ2v) is 9.80. The lowest BCUT2D eigenvalue weighted by molar-refractivity contribution is -0.137. The molecule has 0 aliphatic rings. The van der Waals surface area contributed by atoms with Crippen LogP contribution < -0.4 is 9.62 Å². The number of alkyl halides is 3. The molecular weight excluding hydrogens is 461 g/mol. The second-order valence-electron chi connectivity index (χ2n) is 6.78. The molecule has 0 spiro atoms. The number of benzene rings is 3. The molecule has 3 aromatic carbocycles. The van der Waals surface area contributed by atoms with Gasteiger partial charge in [-0.05, 0) is 42.5 Å². The molecule has 5 nitrogen and oxygen atoms in total. The van der Waals surface area contributed by atoms with Crippen molar-refractivity contribution in [3.05, 3.63) is 84.4 Å². The number of rotatable bonds is 7. The van der Waals surface area contributed by atoms with E-state index in [-0.39, 0.29) is 5.69 Å². The molecule has 0 saturated carbocycles. The molecule has 3 aromatic rings. The van der Waals surface area contributed by atoms with Crippen molar-refractivity contribution in [3.8, 4) is 0 Å². The van der Waals surface area contributed by atoms with E-state index in [0.717, 1.165) is 28.2 Å². The summed E-state index contributed by atoms with van der Waals surface area (Å²) in [6.45, 7) is -0.676. The maximum absolute atomic E-state index is 13.1. The second kappa shape index (κ2) is 9.66. The molecule has 0 aliphatic heterocycles. The van der Waals surface area contributed by atoms with Gasteiger partial charge in [0.25, 0.3) is 0 Å². The minimum absolute atomic E-state index is 0.246. The van der Waals surface area contributed by atoms with Gasteiger partial charge in [0.1, 0.15) is 6.54 Å². The van der Waals surface area contributed by atoms with Gasteiger partial charge in [0, 0.05) is 9.79 Å². The van der Waals surface area contributed by atoms with Crippen LogP contribution in [0.3, 0.4) is 0 Å². The predicted molar refractivity (Wildman–Crippen MR) is 119 cm³/mol. The van der Waals surface area contributed by atoms with Crippen LogP contribution >= 0.6 is 11.8 Å². The van der Waals surface area contributed by atoms with E-state index in [1.54, 1.807) is 24.3 Å². The van der Waals surface area contributed by atoms with Gasteiger partial charge in [0.2, 0.25) is 15.9 Å². The Morgan fingerprint density at radius 3 is 2.28 bits per heavy atom. The Kier molecular flexibility index (Phi) is 7.15. The van der Waals surface area contributed by atoms with Crippen molar-refractivity contribution >= 4 is 39.1 Å². The number of nitrogens with zero attached hydrogens (tertiary/aromatic N) is 1. The van der Waals surface area contributed by atoms with Crippen LogP contribution in [-0.2, 0) is 21.0 Å². The zero-order valence-corrected chi connectivity index (χ0v) is 18.5.